The van der Waals surface area contributed by atoms with Crippen molar-refractivity contribution in [1.29, 1.82) is 0 Å². The number of fused-ring (bicyclic) bond motifs is 3. The maximum atomic E-state index is 12.9. The van der Waals surface area contributed by atoms with Crippen LogP contribution in [0.1, 0.15) is 76.2 Å². The molecule has 2 atom stereocenters. The van der Waals surface area contributed by atoms with Crippen LogP contribution in [0.4, 0.5) is 5.69 Å². The summed E-state index contributed by atoms with van der Waals surface area (Å²) in [7, 11) is -0.424. The second kappa shape index (κ2) is 13.0. The Morgan fingerprint density at radius 1 is 0.592 bits per heavy atom. The molecular formula is C46H46NOP. The third-order valence-electron chi connectivity index (χ3n) is 12.3. The van der Waals surface area contributed by atoms with Crippen molar-refractivity contribution >= 4 is 51.4 Å². The summed E-state index contributed by atoms with van der Waals surface area (Å²) in [6.45, 7) is 0. The zero-order chi connectivity index (χ0) is 32.8. The summed E-state index contributed by atoms with van der Waals surface area (Å²) < 4.78 is 0. The number of benzene rings is 6. The van der Waals surface area contributed by atoms with Gasteiger partial charge in [0.1, 0.15) is 5.75 Å². The number of aromatic hydroxyl groups is 1. The number of aliphatic imine (C=N–C) groups is 1. The molecule has 6 aromatic rings. The minimum absolute atomic E-state index is 0.254. The second-order valence-corrected chi connectivity index (χ2v) is 17.4. The number of phenols is 1. The molecule has 0 spiro atoms. The fraction of sp³-hybridized carbons (Fsp3) is 0.326. The first-order valence-corrected chi connectivity index (χ1v) is 20.4. The van der Waals surface area contributed by atoms with Crippen LogP contribution in [-0.2, 0) is 5.41 Å². The maximum Gasteiger partial charge on any atom is 0.127 e. The third kappa shape index (κ3) is 5.39. The fourth-order valence-corrected chi connectivity index (χ4v) is 13.6. The predicted molar refractivity (Wildman–Crippen MR) is 211 cm³/mol. The van der Waals surface area contributed by atoms with Crippen molar-refractivity contribution in [1.82, 2.24) is 0 Å². The summed E-state index contributed by atoms with van der Waals surface area (Å²) in [6.07, 6.45) is 15.3. The quantitative estimate of drug-likeness (QED) is 0.145. The van der Waals surface area contributed by atoms with Gasteiger partial charge in [-0.15, -0.1) is 0 Å². The Balaban J connectivity index is 1.29. The van der Waals surface area contributed by atoms with Gasteiger partial charge in [0, 0.05) is 22.1 Å². The smallest absolute Gasteiger partial charge is 0.127 e. The lowest BCUT2D eigenvalue weighted by Gasteiger charge is -2.43. The van der Waals surface area contributed by atoms with E-state index in [2.05, 4.69) is 115 Å². The van der Waals surface area contributed by atoms with E-state index in [9.17, 15) is 5.11 Å². The van der Waals surface area contributed by atoms with Crippen molar-refractivity contribution in [2.45, 2.75) is 81.7 Å². The van der Waals surface area contributed by atoms with E-state index in [0.29, 0.717) is 11.7 Å². The van der Waals surface area contributed by atoms with Gasteiger partial charge in [0.2, 0.25) is 0 Å². The number of nitrogens with zero attached hydrogens (tertiary/aromatic N) is 1. The molecule has 2 aliphatic carbocycles. The first-order chi connectivity index (χ1) is 24.2. The van der Waals surface area contributed by atoms with Gasteiger partial charge >= 0.3 is 0 Å². The van der Waals surface area contributed by atoms with Crippen molar-refractivity contribution in [2.75, 3.05) is 6.16 Å². The molecule has 246 valence electrons. The molecule has 2 nitrogen and oxygen atoms in total. The van der Waals surface area contributed by atoms with Crippen LogP contribution in [0.5, 0.6) is 5.75 Å². The van der Waals surface area contributed by atoms with Gasteiger partial charge in [0.15, 0.2) is 0 Å². The van der Waals surface area contributed by atoms with Gasteiger partial charge in [-0.2, -0.15) is 0 Å². The standard InChI is InChI=1S/C46H46NOP/c48-44-41(43-39-22-11-9-16-34(39)30-35-17-10-12-23-40(35)43)24-13-25-42(44)46(36-18-3-1-4-19-36)28-29-49(38-20-5-2-6-21-38)45(46)47-37-27-26-32-14-7-8-15-33(32)31-37/h7-17,22-27,30-31,36,38,48H,1-6,18-21,28-29H2. The summed E-state index contributed by atoms with van der Waals surface area (Å²) >= 11 is 0. The van der Waals surface area contributed by atoms with Gasteiger partial charge in [-0.25, -0.2) is 0 Å². The van der Waals surface area contributed by atoms with Crippen LogP contribution in [0, 0.1) is 5.92 Å². The molecule has 0 aromatic heterocycles. The number of hydrogen-bond acceptors (Lipinski definition) is 2. The highest BCUT2D eigenvalue weighted by atomic mass is 31.1. The van der Waals surface area contributed by atoms with Crippen LogP contribution >= 0.6 is 7.92 Å². The number of para-hydroxylation sites is 1. The summed E-state index contributed by atoms with van der Waals surface area (Å²) in [4.78, 5) is 5.85. The highest BCUT2D eigenvalue weighted by Gasteiger charge is 2.54. The van der Waals surface area contributed by atoms with E-state index >= 15 is 0 Å². The van der Waals surface area contributed by atoms with E-state index in [1.807, 2.05) is 0 Å². The van der Waals surface area contributed by atoms with Crippen LogP contribution in [0.25, 0.3) is 43.4 Å². The zero-order valence-electron chi connectivity index (χ0n) is 28.5. The van der Waals surface area contributed by atoms with E-state index in [1.54, 1.807) is 0 Å². The van der Waals surface area contributed by atoms with E-state index < -0.39 is 7.92 Å². The maximum absolute atomic E-state index is 12.9. The lowest BCUT2D eigenvalue weighted by molar-refractivity contribution is 0.257. The van der Waals surface area contributed by atoms with Gasteiger partial charge in [-0.3, -0.25) is 4.99 Å². The normalized spacial score (nSPS) is 23.2. The predicted octanol–water partition coefficient (Wildman–Crippen LogP) is 13.3. The Labute approximate surface area is 292 Å². The van der Waals surface area contributed by atoms with Crippen LogP contribution in [0.3, 0.4) is 0 Å². The molecule has 2 unspecified atom stereocenters. The molecule has 1 heterocycles. The number of phenolic OH excluding ortho intramolecular Hbond substituents is 1. The van der Waals surface area contributed by atoms with E-state index in [0.717, 1.165) is 34.5 Å². The molecule has 3 heteroatoms. The van der Waals surface area contributed by atoms with Gasteiger partial charge < -0.3 is 5.11 Å². The average molecular weight is 660 g/mol. The van der Waals surface area contributed by atoms with Crippen LogP contribution in [0.15, 0.2) is 120 Å². The lowest BCUT2D eigenvalue weighted by atomic mass is 9.63. The highest BCUT2D eigenvalue weighted by molar-refractivity contribution is 7.76. The van der Waals surface area contributed by atoms with E-state index in [4.69, 9.17) is 4.99 Å². The molecule has 9 rings (SSSR count). The molecule has 0 amide bonds. The van der Waals surface area contributed by atoms with Crippen molar-refractivity contribution in [3.05, 3.63) is 121 Å². The molecule has 49 heavy (non-hydrogen) atoms. The Morgan fingerprint density at radius 3 is 1.94 bits per heavy atom. The molecule has 1 saturated heterocycles. The topological polar surface area (TPSA) is 32.6 Å². The Morgan fingerprint density at radius 2 is 1.22 bits per heavy atom. The molecule has 3 fully saturated rings. The van der Waals surface area contributed by atoms with Gasteiger partial charge in [-0.1, -0.05) is 144 Å². The Bertz CT molecular complexity index is 2140. The number of hydrogen-bond donors (Lipinski definition) is 1. The van der Waals surface area contributed by atoms with Crippen molar-refractivity contribution < 1.29 is 5.11 Å². The van der Waals surface area contributed by atoms with Gasteiger partial charge in [0.05, 0.1) is 11.1 Å². The highest BCUT2D eigenvalue weighted by Crippen LogP contribution is 2.66. The summed E-state index contributed by atoms with van der Waals surface area (Å²) in [5, 5.41) is 20.2. The molecule has 1 aliphatic heterocycles. The molecule has 6 aromatic carbocycles. The van der Waals surface area contributed by atoms with Crippen molar-refractivity contribution in [3.63, 3.8) is 0 Å². The third-order valence-corrected chi connectivity index (χ3v) is 15.4. The van der Waals surface area contributed by atoms with E-state index in [-0.39, 0.29) is 5.41 Å². The van der Waals surface area contributed by atoms with Crippen molar-refractivity contribution in [3.8, 4) is 16.9 Å². The molecule has 1 N–H and O–H groups in total. The number of rotatable bonds is 5. The second-order valence-electron chi connectivity index (χ2n) is 14.9. The van der Waals surface area contributed by atoms with Gasteiger partial charge in [-0.05, 0) is 100 Å². The molecular weight excluding hydrogens is 613 g/mol. The van der Waals surface area contributed by atoms with Crippen LogP contribution in [0.2, 0.25) is 0 Å². The summed E-state index contributed by atoms with van der Waals surface area (Å²) in [6, 6.07) is 41.8. The largest absolute Gasteiger partial charge is 0.507 e. The Kier molecular flexibility index (Phi) is 8.25. The molecule has 0 bridgehead atoms. The molecule has 2 saturated carbocycles. The van der Waals surface area contributed by atoms with Crippen molar-refractivity contribution in [2.24, 2.45) is 10.9 Å². The fourth-order valence-electron chi connectivity index (χ4n) is 9.92. The molecule has 3 aliphatic rings. The first kappa shape index (κ1) is 31.0. The lowest BCUT2D eigenvalue weighted by Crippen LogP contribution is -2.41. The average Bonchev–Trinajstić information content (AvgIpc) is 3.54. The summed E-state index contributed by atoms with van der Waals surface area (Å²) in [5.41, 5.74) is 6.24. The SMILES string of the molecule is Oc1c(-c2c3ccccc3cc3ccccc23)cccc1C1(C2CCCCC2)CCP(C2CCCCC2)C1=Nc1ccc2ccccc2c1. The van der Waals surface area contributed by atoms with E-state index in [1.165, 1.54) is 108 Å². The monoisotopic (exact) mass is 659 g/mol. The van der Waals surface area contributed by atoms with Crippen LogP contribution < -0.4 is 0 Å². The van der Waals surface area contributed by atoms with Gasteiger partial charge in [0.25, 0.3) is 0 Å². The first-order valence-electron chi connectivity index (χ1n) is 18.8. The minimum Gasteiger partial charge on any atom is -0.507 e. The Hall–Kier alpha value is -4.00. The molecule has 0 radical (unpaired) electrons. The van der Waals surface area contributed by atoms with Crippen LogP contribution in [-0.4, -0.2) is 22.4 Å². The minimum atomic E-state index is -0.424. The summed E-state index contributed by atoms with van der Waals surface area (Å²) in [5.74, 6) is 0.961. The zero-order valence-corrected chi connectivity index (χ0v) is 29.3.